The van der Waals surface area contributed by atoms with Gasteiger partial charge in [0, 0.05) is 0 Å². The number of fused-ring (bicyclic) bond motifs is 1. The van der Waals surface area contributed by atoms with Gasteiger partial charge in [-0.1, -0.05) is 0 Å². The molecule has 0 aromatic heterocycles. The van der Waals surface area contributed by atoms with Crippen molar-refractivity contribution in [3.63, 3.8) is 0 Å². The van der Waals surface area contributed by atoms with Crippen LogP contribution in [0.4, 0.5) is 0 Å². The molecule has 3 nitrogen and oxygen atoms in total. The first-order valence-electron chi connectivity index (χ1n) is 4.88. The maximum absolute atomic E-state index is 8.94. The highest BCUT2D eigenvalue weighted by Gasteiger charge is 2.33. The lowest BCUT2D eigenvalue weighted by Crippen LogP contribution is -2.40. The lowest BCUT2D eigenvalue weighted by Gasteiger charge is -2.30. The number of aryl methyl sites for hydroxylation is 2. The summed E-state index contributed by atoms with van der Waals surface area (Å²) in [4.78, 5) is 0. The van der Waals surface area contributed by atoms with Crippen molar-refractivity contribution in [3.8, 4) is 17.6 Å². The molecular formula is C12H13NO2. The predicted molar refractivity (Wildman–Crippen MR) is 56.1 cm³/mol. The zero-order valence-corrected chi connectivity index (χ0v) is 9.13. The molecule has 1 aromatic carbocycles. The summed E-state index contributed by atoms with van der Waals surface area (Å²) in [6, 6.07) is 5.97. The number of nitrogens with zero attached hydrogens (tertiary/aromatic N) is 1. The average Bonchev–Trinajstić information content (AvgIpc) is 2.21. The predicted octanol–water partition coefficient (Wildman–Crippen LogP) is 2.36. The molecule has 0 spiro atoms. The Morgan fingerprint density at radius 1 is 1.27 bits per heavy atom. The maximum atomic E-state index is 8.94. The average molecular weight is 203 g/mol. The van der Waals surface area contributed by atoms with Gasteiger partial charge in [-0.05, 0) is 44.0 Å². The van der Waals surface area contributed by atoms with E-state index < -0.39 is 5.60 Å². The highest BCUT2D eigenvalue weighted by atomic mass is 16.6. The van der Waals surface area contributed by atoms with Crippen molar-refractivity contribution in [2.45, 2.75) is 26.4 Å². The largest absolute Gasteiger partial charge is 0.484 e. The van der Waals surface area contributed by atoms with Crippen LogP contribution in [0.25, 0.3) is 0 Å². The minimum Gasteiger partial charge on any atom is -0.484 e. The molecule has 1 unspecified atom stereocenters. The molecule has 0 N–H and O–H groups in total. The van der Waals surface area contributed by atoms with Crippen LogP contribution in [0.1, 0.15) is 18.1 Å². The molecule has 1 heterocycles. The van der Waals surface area contributed by atoms with E-state index in [1.54, 1.807) is 6.92 Å². The van der Waals surface area contributed by atoms with Gasteiger partial charge in [0.1, 0.15) is 12.7 Å². The number of rotatable bonds is 0. The quantitative estimate of drug-likeness (QED) is 0.650. The van der Waals surface area contributed by atoms with Gasteiger partial charge >= 0.3 is 0 Å². The Kier molecular flexibility index (Phi) is 2.08. The first-order chi connectivity index (χ1) is 7.04. The van der Waals surface area contributed by atoms with Crippen molar-refractivity contribution < 1.29 is 9.47 Å². The van der Waals surface area contributed by atoms with E-state index in [-0.39, 0.29) is 6.61 Å². The fraction of sp³-hybridized carbons (Fsp3) is 0.417. The minimum atomic E-state index is -0.866. The Balaban J connectivity index is 2.43. The van der Waals surface area contributed by atoms with Gasteiger partial charge in [0.15, 0.2) is 11.5 Å². The molecule has 1 aromatic rings. The zero-order valence-electron chi connectivity index (χ0n) is 9.13. The van der Waals surface area contributed by atoms with Gasteiger partial charge < -0.3 is 9.47 Å². The maximum Gasteiger partial charge on any atom is 0.225 e. The second kappa shape index (κ2) is 3.16. The third-order valence-electron chi connectivity index (χ3n) is 2.63. The molecular weight excluding hydrogens is 190 g/mol. The van der Waals surface area contributed by atoms with Gasteiger partial charge in [-0.2, -0.15) is 5.26 Å². The molecule has 0 fully saturated rings. The SMILES string of the molecule is Cc1cc2c(cc1C)OC(C)(C#N)CO2. The topological polar surface area (TPSA) is 42.2 Å². The lowest BCUT2D eigenvalue weighted by atomic mass is 10.1. The van der Waals surface area contributed by atoms with Gasteiger partial charge in [0.2, 0.25) is 5.60 Å². The summed E-state index contributed by atoms with van der Waals surface area (Å²) in [6.07, 6.45) is 0. The van der Waals surface area contributed by atoms with Crippen molar-refractivity contribution in [1.29, 1.82) is 5.26 Å². The molecule has 0 amide bonds. The highest BCUT2D eigenvalue weighted by Crippen LogP contribution is 2.36. The molecule has 0 saturated carbocycles. The molecule has 78 valence electrons. The first kappa shape index (κ1) is 9.85. The van der Waals surface area contributed by atoms with Crippen LogP contribution in [0.3, 0.4) is 0 Å². The minimum absolute atomic E-state index is 0.277. The Bertz CT molecular complexity index is 448. The van der Waals surface area contributed by atoms with Gasteiger partial charge in [-0.15, -0.1) is 0 Å². The summed E-state index contributed by atoms with van der Waals surface area (Å²) in [5, 5.41) is 8.94. The van der Waals surface area contributed by atoms with Crippen LogP contribution >= 0.6 is 0 Å². The summed E-state index contributed by atoms with van der Waals surface area (Å²) in [6.45, 7) is 6.04. The third-order valence-corrected chi connectivity index (χ3v) is 2.63. The number of hydrogen-bond donors (Lipinski definition) is 0. The molecule has 0 radical (unpaired) electrons. The van der Waals surface area contributed by atoms with Crippen molar-refractivity contribution in [1.82, 2.24) is 0 Å². The van der Waals surface area contributed by atoms with Gasteiger partial charge in [-0.25, -0.2) is 0 Å². The summed E-state index contributed by atoms with van der Waals surface area (Å²) in [5.74, 6) is 1.39. The van der Waals surface area contributed by atoms with E-state index in [9.17, 15) is 0 Å². The lowest BCUT2D eigenvalue weighted by molar-refractivity contribution is 0.0501. The summed E-state index contributed by atoms with van der Waals surface area (Å²) in [7, 11) is 0. The van der Waals surface area contributed by atoms with Gasteiger partial charge in [-0.3, -0.25) is 0 Å². The Labute approximate surface area is 89.2 Å². The van der Waals surface area contributed by atoms with Crippen LogP contribution in [0.5, 0.6) is 11.5 Å². The molecule has 0 aliphatic carbocycles. The fourth-order valence-corrected chi connectivity index (χ4v) is 1.50. The van der Waals surface area contributed by atoms with Gasteiger partial charge in [0.25, 0.3) is 0 Å². The fourth-order valence-electron chi connectivity index (χ4n) is 1.50. The summed E-state index contributed by atoms with van der Waals surface area (Å²) in [5.41, 5.74) is 1.44. The van der Waals surface area contributed by atoms with E-state index in [2.05, 4.69) is 6.07 Å². The van der Waals surface area contributed by atoms with Crippen molar-refractivity contribution >= 4 is 0 Å². The molecule has 0 saturated heterocycles. The smallest absolute Gasteiger partial charge is 0.225 e. The van der Waals surface area contributed by atoms with Crippen molar-refractivity contribution in [2.75, 3.05) is 6.61 Å². The normalized spacial score (nSPS) is 23.3. The number of hydrogen-bond acceptors (Lipinski definition) is 3. The summed E-state index contributed by atoms with van der Waals surface area (Å²) < 4.78 is 11.1. The van der Waals surface area contributed by atoms with E-state index in [1.807, 2.05) is 26.0 Å². The van der Waals surface area contributed by atoms with E-state index in [1.165, 1.54) is 0 Å². The van der Waals surface area contributed by atoms with Crippen molar-refractivity contribution in [3.05, 3.63) is 23.3 Å². The molecule has 1 aliphatic heterocycles. The summed E-state index contributed by atoms with van der Waals surface area (Å²) >= 11 is 0. The van der Waals surface area contributed by atoms with E-state index in [0.717, 1.165) is 16.9 Å². The van der Waals surface area contributed by atoms with E-state index in [4.69, 9.17) is 14.7 Å². The van der Waals surface area contributed by atoms with E-state index >= 15 is 0 Å². The molecule has 1 aliphatic rings. The zero-order chi connectivity index (χ0) is 11.1. The Morgan fingerprint density at radius 2 is 1.87 bits per heavy atom. The number of ether oxygens (including phenoxy) is 2. The van der Waals surface area contributed by atoms with Crippen LogP contribution < -0.4 is 9.47 Å². The second-order valence-electron chi connectivity index (χ2n) is 4.12. The van der Waals surface area contributed by atoms with Crippen LogP contribution in [0, 0.1) is 25.2 Å². The number of nitriles is 1. The van der Waals surface area contributed by atoms with E-state index in [0.29, 0.717) is 5.75 Å². The monoisotopic (exact) mass is 203 g/mol. The van der Waals surface area contributed by atoms with Crippen molar-refractivity contribution in [2.24, 2.45) is 0 Å². The molecule has 2 rings (SSSR count). The molecule has 0 bridgehead atoms. The molecule has 15 heavy (non-hydrogen) atoms. The first-order valence-corrected chi connectivity index (χ1v) is 4.88. The second-order valence-corrected chi connectivity index (χ2v) is 4.12. The van der Waals surface area contributed by atoms with Gasteiger partial charge in [0.05, 0.1) is 0 Å². The van der Waals surface area contributed by atoms with Crippen LogP contribution in [0.15, 0.2) is 12.1 Å². The van der Waals surface area contributed by atoms with Crippen LogP contribution in [0.2, 0.25) is 0 Å². The molecule has 3 heteroatoms. The Hall–Kier alpha value is -1.69. The Morgan fingerprint density at radius 3 is 2.47 bits per heavy atom. The standard InChI is InChI=1S/C12H13NO2/c1-8-4-10-11(5-9(8)2)15-12(3,6-13)7-14-10/h4-5H,7H2,1-3H3. The molecule has 1 atom stereocenters. The highest BCUT2D eigenvalue weighted by molar-refractivity contribution is 5.48. The van der Waals surface area contributed by atoms with Crippen LogP contribution in [-0.4, -0.2) is 12.2 Å². The third kappa shape index (κ3) is 1.63. The van der Waals surface area contributed by atoms with Crippen LogP contribution in [-0.2, 0) is 0 Å². The number of benzene rings is 1.